The summed E-state index contributed by atoms with van der Waals surface area (Å²) in [6.07, 6.45) is 15.7. The molecule has 0 spiro atoms. The summed E-state index contributed by atoms with van der Waals surface area (Å²) in [4.78, 5) is 0. The lowest BCUT2D eigenvalue weighted by atomic mass is 9.64. The van der Waals surface area contributed by atoms with Gasteiger partial charge in [0.2, 0.25) is 0 Å². The minimum Gasteiger partial charge on any atom is -0.192 e. The minimum atomic E-state index is 0.722. The highest BCUT2D eigenvalue weighted by Gasteiger charge is 2.35. The molecule has 0 saturated heterocycles. The highest BCUT2D eigenvalue weighted by Crippen LogP contribution is 2.46. The lowest BCUT2D eigenvalue weighted by Gasteiger charge is -2.42. The minimum absolute atomic E-state index is 0.722. The number of benzene rings is 1. The van der Waals surface area contributed by atoms with Crippen LogP contribution in [0.5, 0.6) is 0 Å². The van der Waals surface area contributed by atoms with Gasteiger partial charge in [0, 0.05) is 0 Å². The van der Waals surface area contributed by atoms with E-state index < -0.39 is 0 Å². The van der Waals surface area contributed by atoms with E-state index >= 15 is 0 Å². The van der Waals surface area contributed by atoms with E-state index in [-0.39, 0.29) is 0 Å². The molecule has 0 aromatic heterocycles. The van der Waals surface area contributed by atoms with Crippen LogP contribution in [-0.4, -0.2) is 0 Å². The smallest absolute Gasteiger partial charge is 0.0991 e. The summed E-state index contributed by atoms with van der Waals surface area (Å²) in [6, 6.07) is 10.6. The van der Waals surface area contributed by atoms with Crippen LogP contribution < -0.4 is 0 Å². The Hall–Kier alpha value is -1.29. The van der Waals surface area contributed by atoms with Crippen LogP contribution in [0.25, 0.3) is 0 Å². The number of nitrogens with zero attached hydrogens (tertiary/aromatic N) is 1. The first kappa shape index (κ1) is 19.5. The van der Waals surface area contributed by atoms with Crippen LogP contribution in [-0.2, 0) is 0 Å². The fourth-order valence-corrected chi connectivity index (χ4v) is 5.89. The van der Waals surface area contributed by atoms with E-state index in [1.807, 2.05) is 12.1 Å². The standard InChI is InChI=1S/C25H37N/c1-3-4-5-6-20-9-16-25(19(2)17-20)24-14-12-23(13-15-24)22-10-7-21(18-26)8-11-22/h7-8,10-11,19-20,23-25H,3-6,9,12-17H2,1-2H3. The Kier molecular flexibility index (Phi) is 7.18. The van der Waals surface area contributed by atoms with E-state index in [9.17, 15) is 0 Å². The Morgan fingerprint density at radius 3 is 2.31 bits per heavy atom. The predicted molar refractivity (Wildman–Crippen MR) is 110 cm³/mol. The first-order chi connectivity index (χ1) is 12.7. The Labute approximate surface area is 161 Å². The average Bonchev–Trinajstić information content (AvgIpc) is 2.69. The van der Waals surface area contributed by atoms with Crippen LogP contribution in [0.15, 0.2) is 24.3 Å². The summed E-state index contributed by atoms with van der Waals surface area (Å²) in [6.45, 7) is 4.86. The number of hydrogen-bond acceptors (Lipinski definition) is 1. The van der Waals surface area contributed by atoms with Gasteiger partial charge in [0.1, 0.15) is 0 Å². The summed E-state index contributed by atoms with van der Waals surface area (Å²) < 4.78 is 0. The molecule has 0 aliphatic heterocycles. The molecule has 3 rings (SSSR count). The van der Waals surface area contributed by atoms with Gasteiger partial charge in [-0.05, 0) is 85.8 Å². The lowest BCUT2D eigenvalue weighted by molar-refractivity contribution is 0.101. The fraction of sp³-hybridized carbons (Fsp3) is 0.720. The summed E-state index contributed by atoms with van der Waals surface area (Å²) >= 11 is 0. The van der Waals surface area contributed by atoms with Crippen LogP contribution in [0.1, 0.15) is 102 Å². The maximum Gasteiger partial charge on any atom is 0.0991 e. The van der Waals surface area contributed by atoms with E-state index in [0.717, 1.165) is 35.2 Å². The van der Waals surface area contributed by atoms with E-state index in [2.05, 4.69) is 32.0 Å². The second kappa shape index (κ2) is 9.59. The van der Waals surface area contributed by atoms with Crippen molar-refractivity contribution in [3.05, 3.63) is 35.4 Å². The largest absolute Gasteiger partial charge is 0.192 e. The van der Waals surface area contributed by atoms with Gasteiger partial charge < -0.3 is 0 Å². The van der Waals surface area contributed by atoms with Gasteiger partial charge in [0.25, 0.3) is 0 Å². The molecule has 0 N–H and O–H groups in total. The van der Waals surface area contributed by atoms with Crippen LogP contribution in [0, 0.1) is 35.0 Å². The summed E-state index contributed by atoms with van der Waals surface area (Å²) in [5.74, 6) is 4.63. The van der Waals surface area contributed by atoms with Crippen molar-refractivity contribution in [3.63, 3.8) is 0 Å². The van der Waals surface area contributed by atoms with Crippen molar-refractivity contribution in [3.8, 4) is 6.07 Å². The van der Waals surface area contributed by atoms with Crippen molar-refractivity contribution in [2.75, 3.05) is 0 Å². The molecule has 0 amide bonds. The average molecular weight is 352 g/mol. The molecule has 1 aromatic carbocycles. The van der Waals surface area contributed by atoms with Crippen molar-refractivity contribution in [1.29, 1.82) is 5.26 Å². The molecule has 2 aliphatic rings. The third-order valence-corrected chi connectivity index (χ3v) is 7.45. The normalized spacial score (nSPS) is 32.1. The maximum atomic E-state index is 8.97. The first-order valence-corrected chi connectivity index (χ1v) is 11.2. The third kappa shape index (κ3) is 4.91. The van der Waals surface area contributed by atoms with Gasteiger partial charge in [-0.3, -0.25) is 0 Å². The second-order valence-electron chi connectivity index (χ2n) is 9.16. The monoisotopic (exact) mass is 351 g/mol. The Morgan fingerprint density at radius 1 is 0.962 bits per heavy atom. The molecular formula is C25H37N. The van der Waals surface area contributed by atoms with E-state index in [1.54, 1.807) is 0 Å². The van der Waals surface area contributed by atoms with Crippen LogP contribution in [0.2, 0.25) is 0 Å². The van der Waals surface area contributed by atoms with Gasteiger partial charge in [0.15, 0.2) is 0 Å². The van der Waals surface area contributed by atoms with Crippen LogP contribution in [0.4, 0.5) is 0 Å². The van der Waals surface area contributed by atoms with Gasteiger partial charge in [-0.15, -0.1) is 0 Å². The van der Waals surface area contributed by atoms with Crippen molar-refractivity contribution >= 4 is 0 Å². The van der Waals surface area contributed by atoms with Crippen LogP contribution >= 0.6 is 0 Å². The maximum absolute atomic E-state index is 8.97. The van der Waals surface area contributed by atoms with Crippen molar-refractivity contribution in [1.82, 2.24) is 0 Å². The molecule has 142 valence electrons. The van der Waals surface area contributed by atoms with Gasteiger partial charge in [0.05, 0.1) is 11.6 Å². The molecule has 2 fully saturated rings. The molecule has 2 aliphatic carbocycles. The van der Waals surface area contributed by atoms with Gasteiger partial charge >= 0.3 is 0 Å². The fourth-order valence-electron chi connectivity index (χ4n) is 5.89. The number of rotatable bonds is 6. The predicted octanol–water partition coefficient (Wildman–Crippen LogP) is 7.46. The number of hydrogen-bond donors (Lipinski definition) is 0. The lowest BCUT2D eigenvalue weighted by Crippen LogP contribution is -2.31. The zero-order chi connectivity index (χ0) is 18.4. The Morgan fingerprint density at radius 2 is 1.69 bits per heavy atom. The quantitative estimate of drug-likeness (QED) is 0.488. The van der Waals surface area contributed by atoms with Gasteiger partial charge in [-0.25, -0.2) is 0 Å². The zero-order valence-electron chi connectivity index (χ0n) is 16.9. The molecule has 0 bridgehead atoms. The van der Waals surface area contributed by atoms with Crippen LogP contribution in [0.3, 0.4) is 0 Å². The first-order valence-electron chi connectivity index (χ1n) is 11.2. The highest BCUT2D eigenvalue weighted by atomic mass is 14.4. The van der Waals surface area contributed by atoms with Crippen molar-refractivity contribution in [2.24, 2.45) is 23.7 Å². The molecule has 1 nitrogen and oxygen atoms in total. The topological polar surface area (TPSA) is 23.8 Å². The zero-order valence-corrected chi connectivity index (χ0v) is 16.9. The Balaban J connectivity index is 1.46. The van der Waals surface area contributed by atoms with Gasteiger partial charge in [-0.1, -0.05) is 58.1 Å². The molecular weight excluding hydrogens is 314 g/mol. The molecule has 1 heteroatoms. The van der Waals surface area contributed by atoms with Crippen molar-refractivity contribution < 1.29 is 0 Å². The van der Waals surface area contributed by atoms with E-state index in [0.29, 0.717) is 0 Å². The highest BCUT2D eigenvalue weighted by molar-refractivity contribution is 5.33. The molecule has 1 aromatic rings. The van der Waals surface area contributed by atoms with E-state index in [1.165, 1.54) is 76.2 Å². The molecule has 2 saturated carbocycles. The molecule has 26 heavy (non-hydrogen) atoms. The molecule has 0 heterocycles. The summed E-state index contributed by atoms with van der Waals surface area (Å²) in [5.41, 5.74) is 2.24. The number of nitriles is 1. The summed E-state index contributed by atoms with van der Waals surface area (Å²) in [5, 5.41) is 8.97. The molecule has 0 radical (unpaired) electrons. The van der Waals surface area contributed by atoms with Gasteiger partial charge in [-0.2, -0.15) is 5.26 Å². The second-order valence-corrected chi connectivity index (χ2v) is 9.16. The third-order valence-electron chi connectivity index (χ3n) is 7.45. The van der Waals surface area contributed by atoms with E-state index in [4.69, 9.17) is 5.26 Å². The molecule has 3 atom stereocenters. The Bertz CT molecular complexity index is 573. The van der Waals surface area contributed by atoms with Crippen molar-refractivity contribution in [2.45, 2.75) is 90.4 Å². The molecule has 3 unspecified atom stereocenters. The number of unbranched alkanes of at least 4 members (excludes halogenated alkanes) is 2. The summed E-state index contributed by atoms with van der Waals surface area (Å²) in [7, 11) is 0. The SMILES string of the molecule is CCCCCC1CCC(C2CCC(c3ccc(C#N)cc3)CC2)C(C)C1.